The Bertz CT molecular complexity index is 2650. The molecule has 0 atom stereocenters. The first-order valence-corrected chi connectivity index (χ1v) is 16.1. The number of hydrogen-bond donors (Lipinski definition) is 0. The molecule has 3 heteroatoms. The van der Waals surface area contributed by atoms with Crippen molar-refractivity contribution < 1.29 is 0 Å². The Morgan fingerprint density at radius 2 is 1.13 bits per heavy atom. The van der Waals surface area contributed by atoms with E-state index >= 15 is 0 Å². The van der Waals surface area contributed by atoms with E-state index in [-0.39, 0.29) is 6.71 Å². The van der Waals surface area contributed by atoms with Crippen LogP contribution in [0.5, 0.6) is 0 Å². The van der Waals surface area contributed by atoms with Crippen LogP contribution in [-0.2, 0) is 0 Å². The van der Waals surface area contributed by atoms with E-state index in [0.717, 1.165) is 12.8 Å². The number of benzene rings is 6. The molecule has 0 radical (unpaired) electrons. The summed E-state index contributed by atoms with van der Waals surface area (Å²) in [6, 6.07) is 45.5. The molecular formula is C42H27BN2. The summed E-state index contributed by atoms with van der Waals surface area (Å²) in [5.74, 6) is 0. The van der Waals surface area contributed by atoms with Crippen LogP contribution < -0.4 is 16.4 Å². The first-order chi connectivity index (χ1) is 22.4. The Hall–Kier alpha value is -5.54. The molecule has 0 amide bonds. The average molecular weight is 571 g/mol. The molecule has 208 valence electrons. The highest BCUT2D eigenvalue weighted by Gasteiger charge is 2.41. The Balaban J connectivity index is 1.33. The van der Waals surface area contributed by atoms with E-state index in [1.807, 2.05) is 0 Å². The second-order valence-electron chi connectivity index (χ2n) is 12.7. The van der Waals surface area contributed by atoms with Crippen LogP contribution in [-0.4, -0.2) is 15.8 Å². The zero-order chi connectivity index (χ0) is 29.2. The molecule has 4 heterocycles. The van der Waals surface area contributed by atoms with Gasteiger partial charge in [0.15, 0.2) is 0 Å². The smallest absolute Gasteiger partial charge is 0.252 e. The lowest BCUT2D eigenvalue weighted by Crippen LogP contribution is -2.59. The fourth-order valence-electron chi connectivity index (χ4n) is 8.87. The Kier molecular flexibility index (Phi) is 4.53. The van der Waals surface area contributed by atoms with Crippen molar-refractivity contribution in [2.75, 3.05) is 0 Å². The second-order valence-corrected chi connectivity index (χ2v) is 12.7. The molecule has 2 nitrogen and oxygen atoms in total. The normalized spacial score (nSPS) is 14.5. The van der Waals surface area contributed by atoms with Gasteiger partial charge >= 0.3 is 0 Å². The third-order valence-corrected chi connectivity index (χ3v) is 10.6. The minimum Gasteiger partial charge on any atom is -0.310 e. The van der Waals surface area contributed by atoms with Crippen LogP contribution in [0, 0.1) is 0 Å². The minimum absolute atomic E-state index is 0.147. The van der Waals surface area contributed by atoms with Gasteiger partial charge in [-0.15, -0.1) is 0 Å². The van der Waals surface area contributed by atoms with Gasteiger partial charge in [0.05, 0.1) is 11.0 Å². The molecule has 2 aliphatic heterocycles. The Morgan fingerprint density at radius 3 is 1.78 bits per heavy atom. The summed E-state index contributed by atoms with van der Waals surface area (Å²) in [5.41, 5.74) is 17.4. The van der Waals surface area contributed by atoms with E-state index < -0.39 is 0 Å². The van der Waals surface area contributed by atoms with Crippen molar-refractivity contribution in [3.05, 3.63) is 145 Å². The summed E-state index contributed by atoms with van der Waals surface area (Å²) < 4.78 is 5.13. The molecule has 0 fully saturated rings. The van der Waals surface area contributed by atoms with E-state index in [9.17, 15) is 0 Å². The summed E-state index contributed by atoms with van der Waals surface area (Å²) in [5, 5.41) is 5.39. The highest BCUT2D eigenvalue weighted by molar-refractivity contribution is 7.00. The molecule has 0 saturated heterocycles. The van der Waals surface area contributed by atoms with Gasteiger partial charge in [0, 0.05) is 44.0 Å². The van der Waals surface area contributed by atoms with Crippen LogP contribution in [0.2, 0.25) is 0 Å². The zero-order valence-electron chi connectivity index (χ0n) is 24.7. The van der Waals surface area contributed by atoms with Crippen molar-refractivity contribution in [2.24, 2.45) is 0 Å². The molecule has 2 aromatic heterocycles. The van der Waals surface area contributed by atoms with Crippen molar-refractivity contribution in [3.8, 4) is 22.5 Å². The highest BCUT2D eigenvalue weighted by atomic mass is 15.0. The number of hydrogen-bond acceptors (Lipinski definition) is 0. The number of nitrogens with zero attached hydrogens (tertiary/aromatic N) is 2. The van der Waals surface area contributed by atoms with Gasteiger partial charge in [-0.1, -0.05) is 115 Å². The van der Waals surface area contributed by atoms with Gasteiger partial charge in [0.1, 0.15) is 0 Å². The Labute approximate surface area is 261 Å². The summed E-state index contributed by atoms with van der Waals surface area (Å²) in [4.78, 5) is 0. The lowest BCUT2D eigenvalue weighted by molar-refractivity contribution is 1.06. The predicted octanol–water partition coefficient (Wildman–Crippen LogP) is 8.42. The molecule has 1 aliphatic carbocycles. The van der Waals surface area contributed by atoms with Crippen molar-refractivity contribution in [1.29, 1.82) is 0 Å². The van der Waals surface area contributed by atoms with Crippen LogP contribution in [0.3, 0.4) is 0 Å². The summed E-state index contributed by atoms with van der Waals surface area (Å²) >= 11 is 0. The Morgan fingerprint density at radius 1 is 0.533 bits per heavy atom. The maximum atomic E-state index is 2.57. The minimum atomic E-state index is 0.147. The maximum absolute atomic E-state index is 2.57. The average Bonchev–Trinajstić information content (AvgIpc) is 3.64. The van der Waals surface area contributed by atoms with Crippen LogP contribution in [0.4, 0.5) is 0 Å². The molecule has 45 heavy (non-hydrogen) atoms. The van der Waals surface area contributed by atoms with Crippen LogP contribution in [0.15, 0.2) is 140 Å². The second kappa shape index (κ2) is 8.55. The van der Waals surface area contributed by atoms with Crippen LogP contribution in [0.25, 0.3) is 71.7 Å². The largest absolute Gasteiger partial charge is 0.310 e. The molecule has 3 aliphatic rings. The quantitative estimate of drug-likeness (QED) is 0.185. The van der Waals surface area contributed by atoms with E-state index in [1.165, 1.54) is 93.6 Å². The third kappa shape index (κ3) is 2.91. The van der Waals surface area contributed by atoms with Gasteiger partial charge in [0.25, 0.3) is 6.71 Å². The lowest BCUT2D eigenvalue weighted by Gasteiger charge is -2.34. The molecule has 0 saturated carbocycles. The van der Waals surface area contributed by atoms with Gasteiger partial charge < -0.3 is 9.13 Å². The molecule has 0 spiro atoms. The fourth-order valence-corrected chi connectivity index (χ4v) is 8.87. The molecule has 0 unspecified atom stereocenters. The van der Waals surface area contributed by atoms with Crippen LogP contribution in [0.1, 0.15) is 18.4 Å². The van der Waals surface area contributed by atoms with Crippen molar-refractivity contribution >= 4 is 72.3 Å². The third-order valence-electron chi connectivity index (χ3n) is 10.6. The predicted molar refractivity (Wildman–Crippen MR) is 192 cm³/mol. The standard InChI is InChI=1S/C42H27BN2/c1-3-12-26(13-4-1)28-22-24-32-41-38(28)30-16-7-9-18-34(30)44(41)36-20-11-21-37-40(36)43(32)33-25-23-29(27-14-5-2-6-15-27)39-31-17-8-10-19-35(31)45(37)42(33)39/h1-5,7-14,16-25H,6,15H2. The SMILES string of the molecule is C1=CCCC(c2ccc3c4c2c2ccccc2n4-c2cccc4c2B3c2ccc(-c3ccccc3)c3c5ccccc5n-4c23)=C1. The fraction of sp³-hybridized carbons (Fsp3) is 0.0476. The number of fused-ring (bicyclic) bond motifs is 10. The summed E-state index contributed by atoms with van der Waals surface area (Å²) in [6.07, 6.45) is 9.02. The number of allylic oxidation sites excluding steroid dienone is 4. The molecule has 0 bridgehead atoms. The molecule has 6 aromatic carbocycles. The number of aromatic nitrogens is 2. The van der Waals surface area contributed by atoms with Crippen molar-refractivity contribution in [3.63, 3.8) is 0 Å². The topological polar surface area (TPSA) is 9.86 Å². The monoisotopic (exact) mass is 570 g/mol. The van der Waals surface area contributed by atoms with Gasteiger partial charge in [0.2, 0.25) is 0 Å². The highest BCUT2D eigenvalue weighted by Crippen LogP contribution is 2.43. The van der Waals surface area contributed by atoms with Crippen LogP contribution >= 0.6 is 0 Å². The lowest BCUT2D eigenvalue weighted by atomic mass is 9.34. The van der Waals surface area contributed by atoms with Gasteiger partial charge in [-0.05, 0) is 75.8 Å². The molecule has 11 rings (SSSR count). The molecule has 8 aromatic rings. The van der Waals surface area contributed by atoms with Gasteiger partial charge in [-0.25, -0.2) is 0 Å². The maximum Gasteiger partial charge on any atom is 0.252 e. The van der Waals surface area contributed by atoms with Gasteiger partial charge in [-0.2, -0.15) is 0 Å². The zero-order valence-corrected chi connectivity index (χ0v) is 24.7. The summed E-state index contributed by atoms with van der Waals surface area (Å²) in [6.45, 7) is 0.147. The molecular weight excluding hydrogens is 543 g/mol. The first-order valence-electron chi connectivity index (χ1n) is 16.1. The molecule has 0 N–H and O–H groups in total. The number of rotatable bonds is 2. The summed E-state index contributed by atoms with van der Waals surface area (Å²) in [7, 11) is 0. The van der Waals surface area contributed by atoms with E-state index in [1.54, 1.807) is 0 Å². The number of para-hydroxylation sites is 2. The van der Waals surface area contributed by atoms with E-state index in [0.29, 0.717) is 0 Å². The van der Waals surface area contributed by atoms with E-state index in [2.05, 4.69) is 149 Å². The van der Waals surface area contributed by atoms with Crippen molar-refractivity contribution in [1.82, 2.24) is 9.13 Å². The van der Waals surface area contributed by atoms with Crippen molar-refractivity contribution in [2.45, 2.75) is 12.8 Å². The first kappa shape index (κ1) is 23.9. The van der Waals surface area contributed by atoms with E-state index in [4.69, 9.17) is 0 Å². The van der Waals surface area contributed by atoms with Gasteiger partial charge in [-0.3, -0.25) is 0 Å².